The lowest BCUT2D eigenvalue weighted by Gasteiger charge is -2.33. The summed E-state index contributed by atoms with van der Waals surface area (Å²) in [6, 6.07) is -0.274. The van der Waals surface area contributed by atoms with Gasteiger partial charge in [-0.15, -0.1) is 0 Å². The van der Waals surface area contributed by atoms with E-state index in [0.29, 0.717) is 6.73 Å². The van der Waals surface area contributed by atoms with Crippen molar-refractivity contribution in [3.05, 3.63) is 0 Å². The van der Waals surface area contributed by atoms with Gasteiger partial charge in [0.25, 0.3) is 5.92 Å². The highest BCUT2D eigenvalue weighted by Crippen LogP contribution is 2.29. The van der Waals surface area contributed by atoms with Gasteiger partial charge < -0.3 is 9.84 Å². The summed E-state index contributed by atoms with van der Waals surface area (Å²) in [5, 5.41) is 13.1. The van der Waals surface area contributed by atoms with Crippen LogP contribution in [0.4, 0.5) is 8.78 Å². The zero-order valence-corrected chi connectivity index (χ0v) is 10.6. The molecule has 1 fully saturated rings. The van der Waals surface area contributed by atoms with Crippen LogP contribution in [0.2, 0.25) is 0 Å². The molecule has 4 nitrogen and oxygen atoms in total. The van der Waals surface area contributed by atoms with E-state index in [9.17, 15) is 13.9 Å². The van der Waals surface area contributed by atoms with Crippen molar-refractivity contribution in [2.75, 3.05) is 26.9 Å². The molecule has 1 rings (SSSR count). The molecule has 0 aliphatic carbocycles. The Bertz CT molecular complexity index is 240. The summed E-state index contributed by atoms with van der Waals surface area (Å²) in [4.78, 5) is 1.42. The van der Waals surface area contributed by atoms with Gasteiger partial charge >= 0.3 is 0 Å². The molecule has 0 aromatic carbocycles. The summed E-state index contributed by atoms with van der Waals surface area (Å²) in [5.74, 6) is -2.54. The van der Waals surface area contributed by atoms with E-state index < -0.39 is 12.2 Å². The number of rotatable bonds is 6. The first kappa shape index (κ1) is 14.8. The first-order chi connectivity index (χ1) is 7.87. The van der Waals surface area contributed by atoms with Crippen LogP contribution in [0.25, 0.3) is 0 Å². The van der Waals surface area contributed by atoms with Crippen molar-refractivity contribution in [2.24, 2.45) is 5.92 Å². The highest BCUT2D eigenvalue weighted by Gasteiger charge is 2.42. The van der Waals surface area contributed by atoms with E-state index in [2.05, 4.69) is 5.32 Å². The average molecular weight is 252 g/mol. The number of hydrogen-bond acceptors (Lipinski definition) is 4. The largest absolute Gasteiger partial charge is 0.377 e. The molecule has 0 radical (unpaired) electrons. The maximum absolute atomic E-state index is 13.1. The Labute approximate surface area is 101 Å². The molecular formula is C11H22F2N2O2. The fraction of sp³-hybridized carbons (Fsp3) is 1.00. The maximum atomic E-state index is 13.1. The topological polar surface area (TPSA) is 44.7 Å². The van der Waals surface area contributed by atoms with Crippen LogP contribution in [-0.2, 0) is 4.74 Å². The van der Waals surface area contributed by atoms with E-state index in [1.165, 1.54) is 4.90 Å². The molecule has 1 aliphatic heterocycles. The molecule has 1 aliphatic rings. The van der Waals surface area contributed by atoms with Crippen molar-refractivity contribution in [3.8, 4) is 0 Å². The van der Waals surface area contributed by atoms with E-state index in [1.807, 2.05) is 13.8 Å². The number of alkyl halides is 2. The fourth-order valence-corrected chi connectivity index (χ4v) is 2.08. The van der Waals surface area contributed by atoms with Crippen LogP contribution in [0, 0.1) is 5.92 Å². The van der Waals surface area contributed by atoms with E-state index in [4.69, 9.17) is 4.74 Å². The lowest BCUT2D eigenvalue weighted by atomic mass is 10.0. The number of ether oxygens (including phenoxy) is 1. The molecule has 0 aromatic rings. The van der Waals surface area contributed by atoms with Gasteiger partial charge in [0.2, 0.25) is 0 Å². The molecule has 0 amide bonds. The number of nitrogens with one attached hydrogen (secondary N) is 1. The first-order valence-corrected chi connectivity index (χ1v) is 5.89. The Hall–Kier alpha value is -0.300. The third-order valence-corrected chi connectivity index (χ3v) is 3.08. The molecule has 1 heterocycles. The van der Waals surface area contributed by atoms with Crippen LogP contribution in [-0.4, -0.2) is 55.1 Å². The molecule has 0 bridgehead atoms. The second-order valence-corrected chi connectivity index (χ2v) is 4.90. The highest BCUT2D eigenvalue weighted by atomic mass is 19.3. The van der Waals surface area contributed by atoms with Gasteiger partial charge in [-0.1, -0.05) is 13.8 Å². The van der Waals surface area contributed by atoms with Gasteiger partial charge in [0.1, 0.15) is 6.23 Å². The summed E-state index contributed by atoms with van der Waals surface area (Å²) in [7, 11) is 1.54. The molecule has 0 saturated carbocycles. The van der Waals surface area contributed by atoms with Crippen molar-refractivity contribution in [1.29, 1.82) is 0 Å². The van der Waals surface area contributed by atoms with E-state index >= 15 is 0 Å². The number of aliphatic hydroxyl groups excluding tert-OH is 1. The summed E-state index contributed by atoms with van der Waals surface area (Å²) in [6.07, 6.45) is -1.09. The average Bonchev–Trinajstić information content (AvgIpc) is 2.58. The zero-order chi connectivity index (χ0) is 13.1. The molecule has 1 saturated heterocycles. The molecule has 2 atom stereocenters. The summed E-state index contributed by atoms with van der Waals surface area (Å²) in [5.41, 5.74) is 0. The van der Waals surface area contributed by atoms with Crippen LogP contribution in [0.15, 0.2) is 0 Å². The predicted octanol–water partition coefficient (Wildman–Crippen LogP) is 0.864. The number of methoxy groups -OCH3 is 1. The monoisotopic (exact) mass is 252 g/mol. The summed E-state index contributed by atoms with van der Waals surface area (Å²) < 4.78 is 31.0. The van der Waals surface area contributed by atoms with Gasteiger partial charge in [-0.2, -0.15) is 0 Å². The molecule has 0 aromatic heterocycles. The van der Waals surface area contributed by atoms with Crippen LogP contribution in [0.5, 0.6) is 0 Å². The van der Waals surface area contributed by atoms with E-state index in [0.717, 1.165) is 0 Å². The van der Waals surface area contributed by atoms with Crippen molar-refractivity contribution < 1.29 is 18.6 Å². The van der Waals surface area contributed by atoms with Crippen molar-refractivity contribution in [2.45, 2.75) is 38.5 Å². The molecular weight excluding hydrogens is 230 g/mol. The number of likely N-dealkylation sites (tertiary alicyclic amines) is 1. The van der Waals surface area contributed by atoms with Crippen LogP contribution in [0.1, 0.15) is 20.3 Å². The van der Waals surface area contributed by atoms with Crippen molar-refractivity contribution in [1.82, 2.24) is 10.2 Å². The molecule has 2 N–H and O–H groups in total. The minimum Gasteiger partial charge on any atom is -0.377 e. The summed E-state index contributed by atoms with van der Waals surface area (Å²) in [6.45, 7) is 4.03. The molecule has 17 heavy (non-hydrogen) atoms. The standard InChI is InChI=1S/C11H22F2N2O2/c1-8(2)9(14-7-17-3)10(16)15-5-4-11(12,13)6-15/h8-10,14,16H,4-7H2,1-3H3. The highest BCUT2D eigenvalue weighted by molar-refractivity contribution is 4.87. The zero-order valence-electron chi connectivity index (χ0n) is 10.6. The number of nitrogens with zero attached hydrogens (tertiary/aromatic N) is 1. The first-order valence-electron chi connectivity index (χ1n) is 5.89. The lowest BCUT2D eigenvalue weighted by Crippen LogP contribution is -2.52. The lowest BCUT2D eigenvalue weighted by molar-refractivity contribution is -0.0564. The van der Waals surface area contributed by atoms with Crippen molar-refractivity contribution >= 4 is 0 Å². The smallest absolute Gasteiger partial charge is 0.261 e. The Morgan fingerprint density at radius 2 is 2.12 bits per heavy atom. The van der Waals surface area contributed by atoms with Gasteiger partial charge in [-0.05, 0) is 5.92 Å². The van der Waals surface area contributed by atoms with Crippen LogP contribution in [0.3, 0.4) is 0 Å². The Morgan fingerprint density at radius 3 is 2.53 bits per heavy atom. The number of hydrogen-bond donors (Lipinski definition) is 2. The Morgan fingerprint density at radius 1 is 1.47 bits per heavy atom. The molecule has 6 heteroatoms. The third kappa shape index (κ3) is 4.13. The van der Waals surface area contributed by atoms with E-state index in [1.54, 1.807) is 7.11 Å². The fourth-order valence-electron chi connectivity index (χ4n) is 2.08. The minimum absolute atomic E-state index is 0.134. The third-order valence-electron chi connectivity index (χ3n) is 3.08. The van der Waals surface area contributed by atoms with E-state index in [-0.39, 0.29) is 31.5 Å². The van der Waals surface area contributed by atoms with Crippen LogP contribution >= 0.6 is 0 Å². The predicted molar refractivity (Wildman–Crippen MR) is 60.8 cm³/mol. The van der Waals surface area contributed by atoms with Gasteiger partial charge in [0.15, 0.2) is 0 Å². The minimum atomic E-state index is -2.68. The maximum Gasteiger partial charge on any atom is 0.261 e. The molecule has 0 spiro atoms. The summed E-state index contributed by atoms with van der Waals surface area (Å²) >= 11 is 0. The van der Waals surface area contributed by atoms with Gasteiger partial charge in [0.05, 0.1) is 19.3 Å². The second-order valence-electron chi connectivity index (χ2n) is 4.90. The number of aliphatic hydroxyl groups is 1. The quantitative estimate of drug-likeness (QED) is 0.688. The molecule has 102 valence electrons. The number of halogens is 2. The van der Waals surface area contributed by atoms with Crippen molar-refractivity contribution in [3.63, 3.8) is 0 Å². The van der Waals surface area contributed by atoms with Gasteiger partial charge in [-0.3, -0.25) is 10.2 Å². The van der Waals surface area contributed by atoms with Crippen LogP contribution < -0.4 is 5.32 Å². The van der Waals surface area contributed by atoms with Gasteiger partial charge in [0, 0.05) is 20.1 Å². The SMILES string of the molecule is COCNC(C(C)C)C(O)N1CCC(F)(F)C1. The second kappa shape index (κ2) is 6.04. The Balaban J connectivity index is 2.56. The normalized spacial score (nSPS) is 24.2. The molecule has 2 unspecified atom stereocenters. The van der Waals surface area contributed by atoms with Gasteiger partial charge in [-0.25, -0.2) is 8.78 Å². The Kier molecular flexibility index (Phi) is 5.24.